The number of rotatable bonds is 8. The summed E-state index contributed by atoms with van der Waals surface area (Å²) in [4.78, 5) is 16.6. The molecule has 1 amide bonds. The first-order chi connectivity index (χ1) is 12.3. The van der Waals surface area contributed by atoms with Crippen LogP contribution in [0.3, 0.4) is 0 Å². The minimum absolute atomic E-state index is 0.0403. The number of para-hydroxylation sites is 1. The van der Waals surface area contributed by atoms with Gasteiger partial charge in [0.2, 0.25) is 5.91 Å². The molecule has 0 spiro atoms. The molecule has 0 unspecified atom stereocenters. The fourth-order valence-corrected chi connectivity index (χ4v) is 3.29. The quantitative estimate of drug-likeness (QED) is 0.668. The number of ether oxygens (including phenoxy) is 1. The molecule has 3 aromatic rings. The van der Waals surface area contributed by atoms with Gasteiger partial charge in [-0.2, -0.15) is 0 Å². The number of thiazole rings is 1. The minimum atomic E-state index is -0.0403. The SMILES string of the molecule is CCOc1ccccc1-c1nc(CC(=O)NCCc2ccco2)cs1. The van der Waals surface area contributed by atoms with Gasteiger partial charge in [-0.25, -0.2) is 4.98 Å². The number of nitrogens with zero attached hydrogens (tertiary/aromatic N) is 1. The molecule has 2 aromatic heterocycles. The molecule has 0 saturated heterocycles. The number of amides is 1. The van der Waals surface area contributed by atoms with Crippen molar-refractivity contribution >= 4 is 17.2 Å². The molecule has 0 aliphatic rings. The summed E-state index contributed by atoms with van der Waals surface area (Å²) in [5.74, 6) is 1.64. The third-order valence-corrected chi connectivity index (χ3v) is 4.51. The van der Waals surface area contributed by atoms with Gasteiger partial charge < -0.3 is 14.5 Å². The summed E-state index contributed by atoms with van der Waals surface area (Å²) in [6.07, 6.45) is 2.59. The first-order valence-electron chi connectivity index (χ1n) is 8.22. The van der Waals surface area contributed by atoms with Gasteiger partial charge in [-0.1, -0.05) is 12.1 Å². The van der Waals surface area contributed by atoms with Gasteiger partial charge in [0, 0.05) is 18.3 Å². The standard InChI is InChI=1S/C19H20N2O3S/c1-2-23-17-8-4-3-7-16(17)19-21-14(13-25-19)12-18(22)20-10-9-15-6-5-11-24-15/h3-8,11,13H,2,9-10,12H2,1H3,(H,20,22). The maximum absolute atomic E-state index is 12.1. The lowest BCUT2D eigenvalue weighted by Crippen LogP contribution is -2.27. The molecule has 1 aromatic carbocycles. The third kappa shape index (κ3) is 4.70. The average Bonchev–Trinajstić information content (AvgIpc) is 3.28. The molecule has 3 rings (SSSR count). The lowest BCUT2D eigenvalue weighted by atomic mass is 10.2. The lowest BCUT2D eigenvalue weighted by molar-refractivity contribution is -0.120. The average molecular weight is 356 g/mol. The van der Waals surface area contributed by atoms with Crippen molar-refractivity contribution in [2.45, 2.75) is 19.8 Å². The number of furan rings is 1. The normalized spacial score (nSPS) is 10.6. The molecule has 0 aliphatic carbocycles. The molecule has 6 heteroatoms. The van der Waals surface area contributed by atoms with Crippen LogP contribution in [0.1, 0.15) is 18.4 Å². The molecular weight excluding hydrogens is 336 g/mol. The molecule has 0 fully saturated rings. The number of aromatic nitrogens is 1. The van der Waals surface area contributed by atoms with Gasteiger partial charge in [0.05, 0.1) is 30.5 Å². The van der Waals surface area contributed by atoms with Gasteiger partial charge in [0.25, 0.3) is 0 Å². The molecular formula is C19H20N2O3S. The van der Waals surface area contributed by atoms with Crippen molar-refractivity contribution in [3.05, 3.63) is 59.5 Å². The van der Waals surface area contributed by atoms with Gasteiger partial charge in [-0.15, -0.1) is 11.3 Å². The van der Waals surface area contributed by atoms with E-state index in [1.165, 1.54) is 11.3 Å². The van der Waals surface area contributed by atoms with Gasteiger partial charge in [0.15, 0.2) is 0 Å². The van der Waals surface area contributed by atoms with Crippen LogP contribution < -0.4 is 10.1 Å². The number of carbonyl (C=O) groups is 1. The highest BCUT2D eigenvalue weighted by Crippen LogP contribution is 2.32. The van der Waals surface area contributed by atoms with Crippen LogP contribution in [0.5, 0.6) is 5.75 Å². The third-order valence-electron chi connectivity index (χ3n) is 3.58. The molecule has 1 N–H and O–H groups in total. The van der Waals surface area contributed by atoms with Gasteiger partial charge >= 0.3 is 0 Å². The number of hydrogen-bond donors (Lipinski definition) is 1. The maximum Gasteiger partial charge on any atom is 0.226 e. The van der Waals surface area contributed by atoms with Crippen LogP contribution in [0.25, 0.3) is 10.6 Å². The number of carbonyl (C=O) groups excluding carboxylic acids is 1. The fourth-order valence-electron chi connectivity index (χ4n) is 2.44. The summed E-state index contributed by atoms with van der Waals surface area (Å²) in [6.45, 7) is 3.11. The Morgan fingerprint density at radius 3 is 2.96 bits per heavy atom. The Kier molecular flexibility index (Phi) is 5.85. The van der Waals surface area contributed by atoms with Crippen LogP contribution in [0.15, 0.2) is 52.5 Å². The van der Waals surface area contributed by atoms with E-state index in [1.54, 1.807) is 6.26 Å². The monoisotopic (exact) mass is 356 g/mol. The smallest absolute Gasteiger partial charge is 0.226 e. The minimum Gasteiger partial charge on any atom is -0.493 e. The topological polar surface area (TPSA) is 64.4 Å². The first-order valence-corrected chi connectivity index (χ1v) is 9.10. The van der Waals surface area contributed by atoms with E-state index in [1.807, 2.05) is 48.7 Å². The van der Waals surface area contributed by atoms with E-state index in [0.29, 0.717) is 19.6 Å². The molecule has 5 nitrogen and oxygen atoms in total. The molecule has 25 heavy (non-hydrogen) atoms. The predicted octanol–water partition coefficient (Wildman–Crippen LogP) is 3.70. The second kappa shape index (κ2) is 8.48. The van der Waals surface area contributed by atoms with Gasteiger partial charge in [0.1, 0.15) is 16.5 Å². The summed E-state index contributed by atoms with van der Waals surface area (Å²) >= 11 is 1.52. The Hall–Kier alpha value is -2.60. The van der Waals surface area contributed by atoms with Gasteiger partial charge in [-0.3, -0.25) is 4.79 Å². The molecule has 0 bridgehead atoms. The summed E-state index contributed by atoms with van der Waals surface area (Å²) in [7, 11) is 0. The molecule has 130 valence electrons. The summed E-state index contributed by atoms with van der Waals surface area (Å²) < 4.78 is 10.9. The summed E-state index contributed by atoms with van der Waals surface area (Å²) in [6, 6.07) is 11.6. The number of nitrogens with one attached hydrogen (secondary N) is 1. The van der Waals surface area contributed by atoms with E-state index in [-0.39, 0.29) is 12.3 Å². The Labute approximate surface area is 150 Å². The summed E-state index contributed by atoms with van der Waals surface area (Å²) in [5, 5.41) is 5.68. The van der Waals surface area contributed by atoms with Crippen molar-refractivity contribution in [1.82, 2.24) is 10.3 Å². The van der Waals surface area contributed by atoms with Gasteiger partial charge in [-0.05, 0) is 31.2 Å². The van der Waals surface area contributed by atoms with E-state index in [2.05, 4.69) is 10.3 Å². The van der Waals surface area contributed by atoms with Crippen LogP contribution in [-0.2, 0) is 17.6 Å². The Morgan fingerprint density at radius 1 is 1.28 bits per heavy atom. The van der Waals surface area contributed by atoms with E-state index in [9.17, 15) is 4.79 Å². The van der Waals surface area contributed by atoms with Crippen molar-refractivity contribution in [2.75, 3.05) is 13.2 Å². The van der Waals surface area contributed by atoms with Crippen LogP contribution >= 0.6 is 11.3 Å². The molecule has 0 saturated carbocycles. The largest absolute Gasteiger partial charge is 0.493 e. The van der Waals surface area contributed by atoms with Crippen molar-refractivity contribution in [1.29, 1.82) is 0 Å². The predicted molar refractivity (Wildman–Crippen MR) is 97.8 cm³/mol. The number of benzene rings is 1. The highest BCUT2D eigenvalue weighted by atomic mass is 32.1. The maximum atomic E-state index is 12.1. The molecule has 2 heterocycles. The number of hydrogen-bond acceptors (Lipinski definition) is 5. The van der Waals surface area contributed by atoms with Crippen molar-refractivity contribution in [3.8, 4) is 16.3 Å². The van der Waals surface area contributed by atoms with E-state index < -0.39 is 0 Å². The highest BCUT2D eigenvalue weighted by Gasteiger charge is 2.12. The van der Waals surface area contributed by atoms with Crippen LogP contribution in [-0.4, -0.2) is 24.0 Å². The fraction of sp³-hybridized carbons (Fsp3) is 0.263. The lowest BCUT2D eigenvalue weighted by Gasteiger charge is -2.07. The van der Waals surface area contributed by atoms with Crippen molar-refractivity contribution < 1.29 is 13.9 Å². The second-order valence-electron chi connectivity index (χ2n) is 5.43. The summed E-state index contributed by atoms with van der Waals surface area (Å²) in [5.41, 5.74) is 1.72. The first kappa shape index (κ1) is 17.2. The Morgan fingerprint density at radius 2 is 2.16 bits per heavy atom. The zero-order valence-electron chi connectivity index (χ0n) is 14.0. The van der Waals surface area contributed by atoms with E-state index >= 15 is 0 Å². The second-order valence-corrected chi connectivity index (χ2v) is 6.29. The highest BCUT2D eigenvalue weighted by molar-refractivity contribution is 7.13. The molecule has 0 atom stereocenters. The Balaban J connectivity index is 1.57. The van der Waals surface area contributed by atoms with E-state index in [0.717, 1.165) is 27.8 Å². The van der Waals surface area contributed by atoms with Crippen LogP contribution in [0, 0.1) is 0 Å². The molecule has 0 radical (unpaired) electrons. The zero-order chi connectivity index (χ0) is 17.5. The van der Waals surface area contributed by atoms with Crippen LogP contribution in [0.4, 0.5) is 0 Å². The van der Waals surface area contributed by atoms with E-state index in [4.69, 9.17) is 9.15 Å². The van der Waals surface area contributed by atoms with Crippen LogP contribution in [0.2, 0.25) is 0 Å². The zero-order valence-corrected chi connectivity index (χ0v) is 14.8. The van der Waals surface area contributed by atoms with Crippen molar-refractivity contribution in [2.24, 2.45) is 0 Å². The molecule has 0 aliphatic heterocycles. The van der Waals surface area contributed by atoms with Crippen molar-refractivity contribution in [3.63, 3.8) is 0 Å². The Bertz CT molecular complexity index is 812.